The van der Waals surface area contributed by atoms with Crippen LogP contribution in [-0.4, -0.2) is 17.6 Å². The highest BCUT2D eigenvalue weighted by Crippen LogP contribution is 2.32. The Balaban J connectivity index is 1.97. The molecule has 1 aliphatic heterocycles. The maximum atomic E-state index is 13.3. The molecule has 0 bridgehead atoms. The van der Waals surface area contributed by atoms with Gasteiger partial charge in [0.2, 0.25) is 0 Å². The minimum Gasteiger partial charge on any atom is -0.466 e. The zero-order valence-corrected chi connectivity index (χ0v) is 18.2. The number of thiophene rings is 1. The lowest BCUT2D eigenvalue weighted by Crippen LogP contribution is -2.39. The highest BCUT2D eigenvalue weighted by atomic mass is 79.9. The van der Waals surface area contributed by atoms with E-state index in [9.17, 15) is 9.59 Å². The number of carbonyl (C=O) groups excluding carboxylic acids is 1. The molecule has 28 heavy (non-hydrogen) atoms. The first-order valence-corrected chi connectivity index (χ1v) is 10.9. The fourth-order valence-electron chi connectivity index (χ4n) is 3.16. The van der Waals surface area contributed by atoms with Crippen molar-refractivity contribution in [2.45, 2.75) is 13.0 Å². The number of benzene rings is 1. The highest BCUT2D eigenvalue weighted by Gasteiger charge is 2.33. The summed E-state index contributed by atoms with van der Waals surface area (Å²) in [5, 5.41) is 1.93. The molecule has 1 unspecified atom stereocenters. The Bertz CT molecular complexity index is 1270. The van der Waals surface area contributed by atoms with Gasteiger partial charge in [-0.1, -0.05) is 45.5 Å². The summed E-state index contributed by atoms with van der Waals surface area (Å²) < 4.78 is 8.08. The fraction of sp³-hybridized carbons (Fsp3) is 0.150. The van der Waals surface area contributed by atoms with E-state index >= 15 is 0 Å². The quantitative estimate of drug-likeness (QED) is 0.547. The summed E-state index contributed by atoms with van der Waals surface area (Å²) in [6.45, 7) is 1.78. The molecule has 0 saturated heterocycles. The third-order valence-corrected chi connectivity index (χ3v) is 6.79. The Morgan fingerprint density at radius 2 is 2.14 bits per heavy atom. The van der Waals surface area contributed by atoms with Gasteiger partial charge in [0.1, 0.15) is 6.04 Å². The summed E-state index contributed by atoms with van der Waals surface area (Å²) in [4.78, 5) is 31.8. The Morgan fingerprint density at radius 3 is 2.82 bits per heavy atom. The zero-order chi connectivity index (χ0) is 19.8. The van der Waals surface area contributed by atoms with Crippen molar-refractivity contribution in [2.24, 2.45) is 4.99 Å². The molecule has 1 aromatic carbocycles. The van der Waals surface area contributed by atoms with Crippen molar-refractivity contribution >= 4 is 50.6 Å². The number of aromatic nitrogens is 1. The summed E-state index contributed by atoms with van der Waals surface area (Å²) >= 11 is 6.27. The number of fused-ring (bicyclic) bond motifs is 1. The van der Waals surface area contributed by atoms with Gasteiger partial charge >= 0.3 is 5.97 Å². The Kier molecular flexibility index (Phi) is 5.18. The van der Waals surface area contributed by atoms with Crippen LogP contribution in [0.4, 0.5) is 0 Å². The normalized spacial score (nSPS) is 16.7. The summed E-state index contributed by atoms with van der Waals surface area (Å²) in [5.41, 5.74) is 1.71. The van der Waals surface area contributed by atoms with E-state index in [1.54, 1.807) is 11.5 Å². The molecule has 0 N–H and O–H groups in total. The molecule has 4 rings (SSSR count). The molecule has 2 aromatic heterocycles. The van der Waals surface area contributed by atoms with Crippen LogP contribution in [0.5, 0.6) is 0 Å². The van der Waals surface area contributed by atoms with Crippen molar-refractivity contribution in [3.63, 3.8) is 0 Å². The predicted molar refractivity (Wildman–Crippen MR) is 114 cm³/mol. The number of ether oxygens (including phenoxy) is 1. The monoisotopic (exact) mass is 474 g/mol. The molecule has 1 atom stereocenters. The van der Waals surface area contributed by atoms with E-state index in [4.69, 9.17) is 4.74 Å². The van der Waals surface area contributed by atoms with Gasteiger partial charge in [-0.15, -0.1) is 11.3 Å². The maximum Gasteiger partial charge on any atom is 0.338 e. The Morgan fingerprint density at radius 1 is 1.32 bits per heavy atom. The Labute approximate surface area is 177 Å². The summed E-state index contributed by atoms with van der Waals surface area (Å²) in [6.07, 6.45) is 1.84. The van der Waals surface area contributed by atoms with E-state index in [2.05, 4.69) is 20.9 Å². The van der Waals surface area contributed by atoms with E-state index in [1.807, 2.05) is 47.9 Å². The first-order chi connectivity index (χ1) is 13.5. The van der Waals surface area contributed by atoms with Gasteiger partial charge in [0.15, 0.2) is 4.80 Å². The molecule has 8 heteroatoms. The van der Waals surface area contributed by atoms with E-state index in [1.165, 1.54) is 29.8 Å². The largest absolute Gasteiger partial charge is 0.466 e. The lowest BCUT2D eigenvalue weighted by atomic mass is 10.0. The van der Waals surface area contributed by atoms with Crippen LogP contribution in [0.3, 0.4) is 0 Å². The number of allylic oxidation sites excluding steroid dienone is 1. The molecule has 0 radical (unpaired) electrons. The van der Waals surface area contributed by atoms with Gasteiger partial charge in [-0.3, -0.25) is 9.36 Å². The average Bonchev–Trinajstić information content (AvgIpc) is 3.29. The van der Waals surface area contributed by atoms with Crippen molar-refractivity contribution in [3.8, 4) is 0 Å². The summed E-state index contributed by atoms with van der Waals surface area (Å²) in [6, 6.07) is 11.0. The molecular formula is C20H15BrN2O3S2. The minimum atomic E-state index is -0.534. The van der Waals surface area contributed by atoms with Crippen LogP contribution >= 0.6 is 38.6 Å². The van der Waals surface area contributed by atoms with E-state index < -0.39 is 12.0 Å². The number of hydrogen-bond acceptors (Lipinski definition) is 6. The number of carbonyl (C=O) groups is 1. The van der Waals surface area contributed by atoms with Gasteiger partial charge in [-0.2, -0.15) is 0 Å². The number of nitrogens with zero attached hydrogens (tertiary/aromatic N) is 2. The molecule has 1 aliphatic rings. The number of hydrogen-bond donors (Lipinski definition) is 0. The molecule has 0 saturated carbocycles. The van der Waals surface area contributed by atoms with Crippen LogP contribution in [-0.2, 0) is 9.53 Å². The lowest BCUT2D eigenvalue weighted by molar-refractivity contribution is -0.136. The molecule has 3 aromatic rings. The Hall–Kier alpha value is -2.29. The predicted octanol–water partition coefficient (Wildman–Crippen LogP) is 3.23. The molecular weight excluding hydrogens is 460 g/mol. The molecule has 0 aliphatic carbocycles. The summed E-state index contributed by atoms with van der Waals surface area (Å²) in [7, 11) is 1.34. The van der Waals surface area contributed by atoms with Crippen molar-refractivity contribution in [1.29, 1.82) is 0 Å². The van der Waals surface area contributed by atoms with Gasteiger partial charge in [-0.05, 0) is 42.1 Å². The van der Waals surface area contributed by atoms with Crippen molar-refractivity contribution in [3.05, 3.63) is 87.6 Å². The average molecular weight is 475 g/mol. The minimum absolute atomic E-state index is 0.170. The number of halogens is 1. The van der Waals surface area contributed by atoms with Crippen molar-refractivity contribution in [2.75, 3.05) is 7.11 Å². The third-order valence-electron chi connectivity index (χ3n) is 4.39. The van der Waals surface area contributed by atoms with E-state index in [-0.39, 0.29) is 5.56 Å². The fourth-order valence-corrected chi connectivity index (χ4v) is 5.44. The van der Waals surface area contributed by atoms with Crippen LogP contribution < -0.4 is 14.9 Å². The van der Waals surface area contributed by atoms with Crippen molar-refractivity contribution in [1.82, 2.24) is 4.57 Å². The van der Waals surface area contributed by atoms with Crippen LogP contribution in [0.2, 0.25) is 0 Å². The van der Waals surface area contributed by atoms with Crippen LogP contribution in [0.15, 0.2) is 67.3 Å². The van der Waals surface area contributed by atoms with Gasteiger partial charge < -0.3 is 4.74 Å². The standard InChI is InChI=1S/C20H15BrN2O3S2/c1-11-16(19(25)26-2)17(14-7-4-8-27-14)23-18(24)15(28-20(23)22-11)10-12-5-3-6-13(21)9-12/h3-10,17H,1-2H3. The molecule has 3 heterocycles. The number of rotatable bonds is 3. The zero-order valence-electron chi connectivity index (χ0n) is 15.0. The van der Waals surface area contributed by atoms with Crippen molar-refractivity contribution < 1.29 is 9.53 Å². The van der Waals surface area contributed by atoms with Crippen LogP contribution in [0.25, 0.3) is 6.08 Å². The first kappa shape index (κ1) is 19.0. The second-order valence-electron chi connectivity index (χ2n) is 6.14. The second kappa shape index (κ2) is 7.62. The third kappa shape index (κ3) is 3.32. The summed E-state index contributed by atoms with van der Waals surface area (Å²) in [5.74, 6) is -0.471. The number of esters is 1. The molecule has 0 fully saturated rings. The van der Waals surface area contributed by atoms with Crippen LogP contribution in [0.1, 0.15) is 23.4 Å². The van der Waals surface area contributed by atoms with Gasteiger partial charge in [0, 0.05) is 9.35 Å². The maximum absolute atomic E-state index is 13.3. The van der Waals surface area contributed by atoms with E-state index in [0.29, 0.717) is 20.6 Å². The number of thiazole rings is 1. The molecule has 0 amide bonds. The lowest BCUT2D eigenvalue weighted by Gasteiger charge is -2.22. The highest BCUT2D eigenvalue weighted by molar-refractivity contribution is 9.10. The van der Waals surface area contributed by atoms with E-state index in [0.717, 1.165) is 14.9 Å². The van der Waals surface area contributed by atoms with Gasteiger partial charge in [0.05, 0.1) is 22.9 Å². The number of methoxy groups -OCH3 is 1. The molecule has 0 spiro atoms. The SMILES string of the molecule is COC(=O)C1=C(C)N=c2sc(=Cc3cccc(Br)c3)c(=O)n2C1c1cccs1. The molecule has 5 nitrogen and oxygen atoms in total. The van der Waals surface area contributed by atoms with Crippen LogP contribution in [0, 0.1) is 0 Å². The smallest absolute Gasteiger partial charge is 0.338 e. The second-order valence-corrected chi connectivity index (χ2v) is 9.05. The van der Waals surface area contributed by atoms with Gasteiger partial charge in [-0.25, -0.2) is 9.79 Å². The first-order valence-electron chi connectivity index (χ1n) is 8.39. The molecule has 142 valence electrons. The van der Waals surface area contributed by atoms with Gasteiger partial charge in [0.25, 0.3) is 5.56 Å². The topological polar surface area (TPSA) is 60.7 Å².